The first-order valence-corrected chi connectivity index (χ1v) is 7.07. The Kier molecular flexibility index (Phi) is 3.05. The van der Waals surface area contributed by atoms with Gasteiger partial charge in [0.1, 0.15) is 0 Å². The lowest BCUT2D eigenvalue weighted by Gasteiger charge is -1.98. The van der Waals surface area contributed by atoms with Crippen molar-refractivity contribution in [2.24, 2.45) is 0 Å². The van der Waals surface area contributed by atoms with Crippen molar-refractivity contribution in [2.75, 3.05) is 0 Å². The summed E-state index contributed by atoms with van der Waals surface area (Å²) in [5.41, 5.74) is 3.49. The standard InChI is InChI=1S/C16H10ClN5/c17-12-4-1-10(2-5-12)15-20-16(22-21-15)11-3-6-13-14(9-11)19-8-7-18-13/h1-9H,(H,20,21,22). The van der Waals surface area contributed by atoms with E-state index in [0.717, 1.165) is 22.2 Å². The molecule has 0 atom stereocenters. The number of fused-ring (bicyclic) bond motifs is 1. The zero-order valence-electron chi connectivity index (χ0n) is 11.4. The first kappa shape index (κ1) is 12.9. The lowest BCUT2D eigenvalue weighted by atomic mass is 10.2. The molecule has 0 fully saturated rings. The Morgan fingerprint density at radius 1 is 0.818 bits per heavy atom. The minimum absolute atomic E-state index is 0.623. The second kappa shape index (κ2) is 5.20. The Labute approximate surface area is 131 Å². The van der Waals surface area contributed by atoms with Gasteiger partial charge in [0.15, 0.2) is 11.6 Å². The van der Waals surface area contributed by atoms with Crippen molar-refractivity contribution in [2.45, 2.75) is 0 Å². The third-order valence-corrected chi connectivity index (χ3v) is 3.58. The van der Waals surface area contributed by atoms with Crippen LogP contribution in [-0.4, -0.2) is 25.1 Å². The summed E-state index contributed by atoms with van der Waals surface area (Å²) in [5, 5.41) is 7.91. The monoisotopic (exact) mass is 307 g/mol. The average molecular weight is 308 g/mol. The van der Waals surface area contributed by atoms with Gasteiger partial charge in [-0.05, 0) is 42.5 Å². The minimum atomic E-state index is 0.623. The molecule has 0 unspecified atom stereocenters. The fraction of sp³-hybridized carbons (Fsp3) is 0. The molecule has 0 aliphatic carbocycles. The highest BCUT2D eigenvalue weighted by atomic mass is 35.5. The van der Waals surface area contributed by atoms with Gasteiger partial charge in [-0.1, -0.05) is 11.6 Å². The maximum absolute atomic E-state index is 5.90. The number of hydrogen-bond acceptors (Lipinski definition) is 4. The van der Waals surface area contributed by atoms with E-state index in [2.05, 4.69) is 25.1 Å². The molecule has 0 aliphatic rings. The Balaban J connectivity index is 1.74. The summed E-state index contributed by atoms with van der Waals surface area (Å²) in [5.74, 6) is 1.32. The third kappa shape index (κ3) is 2.31. The number of rotatable bonds is 2. The number of benzene rings is 2. The molecule has 2 aromatic heterocycles. The van der Waals surface area contributed by atoms with Crippen molar-refractivity contribution in [3.63, 3.8) is 0 Å². The average Bonchev–Trinajstić information content (AvgIpc) is 3.05. The second-order valence-electron chi connectivity index (χ2n) is 4.77. The van der Waals surface area contributed by atoms with E-state index >= 15 is 0 Å². The van der Waals surface area contributed by atoms with Crippen LogP contribution < -0.4 is 0 Å². The first-order valence-electron chi connectivity index (χ1n) is 6.69. The van der Waals surface area contributed by atoms with Crippen molar-refractivity contribution >= 4 is 22.6 Å². The predicted molar refractivity (Wildman–Crippen MR) is 85.4 cm³/mol. The summed E-state index contributed by atoms with van der Waals surface area (Å²) in [7, 11) is 0. The van der Waals surface area contributed by atoms with Gasteiger partial charge in [0.2, 0.25) is 0 Å². The lowest BCUT2D eigenvalue weighted by Crippen LogP contribution is -1.85. The maximum Gasteiger partial charge on any atom is 0.181 e. The van der Waals surface area contributed by atoms with Crippen molar-refractivity contribution in [3.05, 3.63) is 59.9 Å². The van der Waals surface area contributed by atoms with Gasteiger partial charge in [0.05, 0.1) is 11.0 Å². The molecule has 5 nitrogen and oxygen atoms in total. The fourth-order valence-electron chi connectivity index (χ4n) is 2.23. The van der Waals surface area contributed by atoms with Gasteiger partial charge in [-0.25, -0.2) is 4.98 Å². The van der Waals surface area contributed by atoms with Gasteiger partial charge < -0.3 is 0 Å². The van der Waals surface area contributed by atoms with Gasteiger partial charge in [-0.2, -0.15) is 5.10 Å². The molecule has 106 valence electrons. The number of nitrogens with zero attached hydrogens (tertiary/aromatic N) is 4. The second-order valence-corrected chi connectivity index (χ2v) is 5.21. The maximum atomic E-state index is 5.90. The summed E-state index contributed by atoms with van der Waals surface area (Å²) in [6.45, 7) is 0. The van der Waals surface area contributed by atoms with Crippen molar-refractivity contribution in [1.82, 2.24) is 25.1 Å². The van der Waals surface area contributed by atoms with Gasteiger partial charge in [0, 0.05) is 28.5 Å². The molecule has 6 heteroatoms. The molecule has 0 saturated carbocycles. The van der Waals surface area contributed by atoms with Gasteiger partial charge in [-0.15, -0.1) is 0 Å². The summed E-state index contributed by atoms with van der Waals surface area (Å²) in [6, 6.07) is 13.2. The van der Waals surface area contributed by atoms with Gasteiger partial charge in [-0.3, -0.25) is 15.1 Å². The zero-order valence-corrected chi connectivity index (χ0v) is 12.1. The zero-order chi connectivity index (χ0) is 14.9. The summed E-state index contributed by atoms with van der Waals surface area (Å²) >= 11 is 5.90. The predicted octanol–water partition coefficient (Wildman–Crippen LogP) is 3.74. The van der Waals surface area contributed by atoms with Crippen LogP contribution in [0.15, 0.2) is 54.9 Å². The topological polar surface area (TPSA) is 67.3 Å². The van der Waals surface area contributed by atoms with Crippen LogP contribution in [0.2, 0.25) is 5.02 Å². The van der Waals surface area contributed by atoms with Crippen LogP contribution in [0.25, 0.3) is 33.8 Å². The molecule has 4 rings (SSSR count). The van der Waals surface area contributed by atoms with E-state index in [0.29, 0.717) is 16.7 Å². The molecule has 0 aliphatic heterocycles. The van der Waals surface area contributed by atoms with Crippen LogP contribution in [0.4, 0.5) is 0 Å². The van der Waals surface area contributed by atoms with Gasteiger partial charge >= 0.3 is 0 Å². The Bertz CT molecular complexity index is 946. The highest BCUT2D eigenvalue weighted by Gasteiger charge is 2.09. The van der Waals surface area contributed by atoms with E-state index in [4.69, 9.17) is 11.6 Å². The smallest absolute Gasteiger partial charge is 0.181 e. The SMILES string of the molecule is Clc1ccc(-c2nc(-c3ccc4nccnc4c3)n[nH]2)cc1. The normalized spacial score (nSPS) is 11.0. The lowest BCUT2D eigenvalue weighted by molar-refractivity contribution is 1.10. The van der Waals surface area contributed by atoms with Crippen LogP contribution in [0.3, 0.4) is 0 Å². The summed E-state index contributed by atoms with van der Waals surface area (Å²) in [4.78, 5) is 13.1. The largest absolute Gasteiger partial charge is 0.259 e. The third-order valence-electron chi connectivity index (χ3n) is 3.33. The van der Waals surface area contributed by atoms with E-state index in [9.17, 15) is 0 Å². The molecular weight excluding hydrogens is 298 g/mol. The van der Waals surface area contributed by atoms with E-state index in [1.807, 2.05) is 42.5 Å². The Hall–Kier alpha value is -2.79. The van der Waals surface area contributed by atoms with Crippen LogP contribution in [-0.2, 0) is 0 Å². The molecule has 2 aromatic carbocycles. The van der Waals surface area contributed by atoms with E-state index in [-0.39, 0.29) is 0 Å². The molecule has 0 amide bonds. The molecule has 4 aromatic rings. The van der Waals surface area contributed by atoms with Crippen molar-refractivity contribution in [3.8, 4) is 22.8 Å². The summed E-state index contributed by atoms with van der Waals surface area (Å²) in [6.07, 6.45) is 3.34. The first-order chi connectivity index (χ1) is 10.8. The van der Waals surface area contributed by atoms with Crippen molar-refractivity contribution in [1.29, 1.82) is 0 Å². The quantitative estimate of drug-likeness (QED) is 0.612. The van der Waals surface area contributed by atoms with Crippen LogP contribution in [0, 0.1) is 0 Å². The molecule has 1 N–H and O–H groups in total. The molecule has 0 radical (unpaired) electrons. The molecule has 0 bridgehead atoms. The molecule has 0 saturated heterocycles. The number of halogens is 1. The van der Waals surface area contributed by atoms with E-state index in [1.165, 1.54) is 0 Å². The number of hydrogen-bond donors (Lipinski definition) is 1. The van der Waals surface area contributed by atoms with Crippen LogP contribution in [0.1, 0.15) is 0 Å². The van der Waals surface area contributed by atoms with E-state index in [1.54, 1.807) is 12.4 Å². The molecule has 2 heterocycles. The number of aromatic nitrogens is 5. The number of aromatic amines is 1. The number of H-pyrrole nitrogens is 1. The fourth-order valence-corrected chi connectivity index (χ4v) is 2.36. The minimum Gasteiger partial charge on any atom is -0.259 e. The Morgan fingerprint density at radius 3 is 2.36 bits per heavy atom. The molecular formula is C16H10ClN5. The molecule has 22 heavy (non-hydrogen) atoms. The highest BCUT2D eigenvalue weighted by Crippen LogP contribution is 2.23. The van der Waals surface area contributed by atoms with Crippen molar-refractivity contribution < 1.29 is 0 Å². The van der Waals surface area contributed by atoms with Gasteiger partial charge in [0.25, 0.3) is 0 Å². The molecule has 0 spiro atoms. The summed E-state index contributed by atoms with van der Waals surface area (Å²) < 4.78 is 0. The van der Waals surface area contributed by atoms with Crippen LogP contribution in [0.5, 0.6) is 0 Å². The van der Waals surface area contributed by atoms with Crippen LogP contribution >= 0.6 is 11.6 Å². The number of nitrogens with one attached hydrogen (secondary N) is 1. The Morgan fingerprint density at radius 2 is 1.55 bits per heavy atom. The van der Waals surface area contributed by atoms with E-state index < -0.39 is 0 Å². The highest BCUT2D eigenvalue weighted by molar-refractivity contribution is 6.30.